The van der Waals surface area contributed by atoms with Crippen LogP contribution in [0, 0.1) is 5.92 Å². The topological polar surface area (TPSA) is 55.2 Å². The molecule has 5 nitrogen and oxygen atoms in total. The Balaban J connectivity index is 2.11. The smallest absolute Gasteiger partial charge is 0.261 e. The predicted octanol–water partition coefficient (Wildman–Crippen LogP) is 4.56. The van der Waals surface area contributed by atoms with Gasteiger partial charge in [-0.3, -0.25) is 14.2 Å². The van der Waals surface area contributed by atoms with Crippen LogP contribution in [-0.4, -0.2) is 26.9 Å². The summed E-state index contributed by atoms with van der Waals surface area (Å²) >= 11 is 6.12. The number of aromatic nitrogens is 2. The van der Waals surface area contributed by atoms with Crippen molar-refractivity contribution in [3.63, 3.8) is 0 Å². The average molecular weight is 390 g/mol. The largest absolute Gasteiger partial charge is 0.333 e. The molecule has 1 amide bonds. The van der Waals surface area contributed by atoms with Crippen LogP contribution in [0.2, 0.25) is 5.02 Å². The quantitative estimate of drug-likeness (QED) is 0.727. The number of amides is 1. The van der Waals surface area contributed by atoms with Gasteiger partial charge in [0.05, 0.1) is 16.9 Å². The van der Waals surface area contributed by atoms with Gasteiger partial charge in [0.15, 0.2) is 0 Å². The Morgan fingerprint density at radius 2 is 2.00 bits per heavy atom. The summed E-state index contributed by atoms with van der Waals surface area (Å²) in [4.78, 5) is 32.9. The van der Waals surface area contributed by atoms with Gasteiger partial charge in [0.25, 0.3) is 5.56 Å². The highest BCUT2D eigenvalue weighted by Crippen LogP contribution is 2.31. The molecule has 0 radical (unpaired) electrons. The Labute approximate surface area is 165 Å². The van der Waals surface area contributed by atoms with Crippen molar-refractivity contribution in [2.45, 2.75) is 65.5 Å². The number of benzene rings is 1. The lowest BCUT2D eigenvalue weighted by atomic mass is 10.0. The predicted molar refractivity (Wildman–Crippen MR) is 109 cm³/mol. The molecule has 0 saturated heterocycles. The van der Waals surface area contributed by atoms with Gasteiger partial charge in [-0.1, -0.05) is 31.4 Å². The molecule has 1 saturated carbocycles. The van der Waals surface area contributed by atoms with Crippen LogP contribution < -0.4 is 5.56 Å². The highest BCUT2D eigenvalue weighted by molar-refractivity contribution is 6.31. The van der Waals surface area contributed by atoms with Gasteiger partial charge < -0.3 is 4.90 Å². The first-order valence-corrected chi connectivity index (χ1v) is 10.4. The first-order chi connectivity index (χ1) is 13.0. The lowest BCUT2D eigenvalue weighted by Gasteiger charge is -2.33. The van der Waals surface area contributed by atoms with Crippen LogP contribution in [0.1, 0.15) is 64.7 Å². The third-order valence-corrected chi connectivity index (χ3v) is 5.89. The minimum atomic E-state index is -0.209. The van der Waals surface area contributed by atoms with E-state index in [4.69, 9.17) is 16.6 Å². The number of nitrogens with zero attached hydrogens (tertiary/aromatic N) is 3. The Morgan fingerprint density at radius 3 is 2.59 bits per heavy atom. The molecule has 0 bridgehead atoms. The van der Waals surface area contributed by atoms with E-state index in [9.17, 15) is 9.59 Å². The summed E-state index contributed by atoms with van der Waals surface area (Å²) in [7, 11) is 0. The fourth-order valence-corrected chi connectivity index (χ4v) is 4.42. The fourth-order valence-electron chi connectivity index (χ4n) is 4.25. The molecule has 0 aliphatic heterocycles. The van der Waals surface area contributed by atoms with Gasteiger partial charge in [-0.25, -0.2) is 4.98 Å². The fraction of sp³-hybridized carbons (Fsp3) is 0.571. The van der Waals surface area contributed by atoms with Crippen LogP contribution >= 0.6 is 11.6 Å². The zero-order chi connectivity index (χ0) is 19.6. The molecule has 6 heteroatoms. The van der Waals surface area contributed by atoms with Crippen molar-refractivity contribution in [3.05, 3.63) is 39.4 Å². The van der Waals surface area contributed by atoms with Crippen LogP contribution in [0.25, 0.3) is 10.9 Å². The van der Waals surface area contributed by atoms with Crippen molar-refractivity contribution in [1.29, 1.82) is 0 Å². The van der Waals surface area contributed by atoms with E-state index < -0.39 is 0 Å². The maximum absolute atomic E-state index is 13.1. The van der Waals surface area contributed by atoms with Crippen molar-refractivity contribution in [3.8, 4) is 0 Å². The molecule has 2 aromatic rings. The van der Waals surface area contributed by atoms with Crippen LogP contribution in [0.4, 0.5) is 0 Å². The van der Waals surface area contributed by atoms with E-state index in [0.29, 0.717) is 41.3 Å². The number of rotatable bonds is 6. The number of fused-ring (bicyclic) bond motifs is 1. The van der Waals surface area contributed by atoms with E-state index in [1.165, 1.54) is 0 Å². The molecule has 1 aliphatic carbocycles. The highest BCUT2D eigenvalue weighted by Gasteiger charge is 2.32. The van der Waals surface area contributed by atoms with E-state index >= 15 is 0 Å². The molecule has 1 fully saturated rings. The van der Waals surface area contributed by atoms with Crippen molar-refractivity contribution >= 4 is 28.4 Å². The molecule has 1 atom stereocenters. The standard InChI is InChI=1S/C21H28ClN3O2/c1-4-18(24(5-2)20(26)14-9-7-8-10-14)19-23-17-13-15(22)11-12-16(17)21(27)25(19)6-3/h11-14,18H,4-10H2,1-3H3. The lowest BCUT2D eigenvalue weighted by molar-refractivity contribution is -0.138. The van der Waals surface area contributed by atoms with Crippen LogP contribution in [0.5, 0.6) is 0 Å². The Morgan fingerprint density at radius 1 is 1.30 bits per heavy atom. The number of hydrogen-bond donors (Lipinski definition) is 0. The average Bonchev–Trinajstić information content (AvgIpc) is 3.20. The first-order valence-electron chi connectivity index (χ1n) is 10.0. The van der Waals surface area contributed by atoms with E-state index in [-0.39, 0.29) is 23.4 Å². The third-order valence-electron chi connectivity index (χ3n) is 5.65. The number of halogens is 1. The second-order valence-electron chi connectivity index (χ2n) is 7.21. The summed E-state index contributed by atoms with van der Waals surface area (Å²) in [6, 6.07) is 4.96. The van der Waals surface area contributed by atoms with Gasteiger partial charge in [0, 0.05) is 24.0 Å². The maximum Gasteiger partial charge on any atom is 0.261 e. The molecule has 1 aromatic carbocycles. The number of carbonyl (C=O) groups excluding carboxylic acids is 1. The molecular weight excluding hydrogens is 362 g/mol. The molecule has 146 valence electrons. The Kier molecular flexibility index (Phi) is 6.20. The monoisotopic (exact) mass is 389 g/mol. The van der Waals surface area contributed by atoms with Crippen molar-refractivity contribution in [1.82, 2.24) is 14.5 Å². The van der Waals surface area contributed by atoms with Gasteiger partial charge in [-0.15, -0.1) is 0 Å². The molecule has 0 spiro atoms. The summed E-state index contributed by atoms with van der Waals surface area (Å²) in [6.45, 7) is 7.12. The van der Waals surface area contributed by atoms with Crippen LogP contribution in [0.3, 0.4) is 0 Å². The molecule has 1 aliphatic rings. The Hall–Kier alpha value is -1.88. The summed E-state index contributed by atoms with van der Waals surface area (Å²) in [5, 5.41) is 1.11. The SMILES string of the molecule is CCC(c1nc2cc(Cl)ccc2c(=O)n1CC)N(CC)C(=O)C1CCCC1. The van der Waals surface area contributed by atoms with E-state index in [0.717, 1.165) is 25.7 Å². The van der Waals surface area contributed by atoms with E-state index in [2.05, 4.69) is 0 Å². The minimum absolute atomic E-state index is 0.0722. The van der Waals surface area contributed by atoms with Crippen molar-refractivity contribution in [2.75, 3.05) is 6.54 Å². The van der Waals surface area contributed by atoms with Gasteiger partial charge in [-0.2, -0.15) is 0 Å². The van der Waals surface area contributed by atoms with Crippen molar-refractivity contribution < 1.29 is 4.79 Å². The lowest BCUT2D eigenvalue weighted by Crippen LogP contribution is -2.41. The summed E-state index contributed by atoms with van der Waals surface area (Å²) < 4.78 is 1.70. The van der Waals surface area contributed by atoms with Gasteiger partial charge in [-0.05, 0) is 51.3 Å². The van der Waals surface area contributed by atoms with E-state index in [1.54, 1.807) is 22.8 Å². The molecule has 1 unspecified atom stereocenters. The summed E-state index contributed by atoms with van der Waals surface area (Å²) in [5.74, 6) is 0.966. The number of carbonyl (C=O) groups is 1. The second kappa shape index (κ2) is 8.42. The minimum Gasteiger partial charge on any atom is -0.333 e. The normalized spacial score (nSPS) is 16.0. The zero-order valence-electron chi connectivity index (χ0n) is 16.4. The highest BCUT2D eigenvalue weighted by atomic mass is 35.5. The maximum atomic E-state index is 13.1. The molecule has 0 N–H and O–H groups in total. The number of hydrogen-bond acceptors (Lipinski definition) is 3. The second-order valence-corrected chi connectivity index (χ2v) is 7.65. The van der Waals surface area contributed by atoms with E-state index in [1.807, 2.05) is 25.7 Å². The molecule has 3 rings (SSSR count). The zero-order valence-corrected chi connectivity index (χ0v) is 17.1. The van der Waals surface area contributed by atoms with Gasteiger partial charge >= 0.3 is 0 Å². The third kappa shape index (κ3) is 3.75. The Bertz CT molecular complexity index is 887. The first kappa shape index (κ1) is 19.9. The molecule has 1 aromatic heterocycles. The summed E-state index contributed by atoms with van der Waals surface area (Å²) in [5.41, 5.74) is 0.520. The molecular formula is C21H28ClN3O2. The molecule has 27 heavy (non-hydrogen) atoms. The summed E-state index contributed by atoms with van der Waals surface area (Å²) in [6.07, 6.45) is 4.89. The van der Waals surface area contributed by atoms with Crippen LogP contribution in [-0.2, 0) is 11.3 Å². The van der Waals surface area contributed by atoms with Crippen LogP contribution in [0.15, 0.2) is 23.0 Å². The molecule has 1 heterocycles. The van der Waals surface area contributed by atoms with Gasteiger partial charge in [0.2, 0.25) is 5.91 Å². The van der Waals surface area contributed by atoms with Crippen molar-refractivity contribution in [2.24, 2.45) is 5.92 Å². The van der Waals surface area contributed by atoms with Gasteiger partial charge in [0.1, 0.15) is 5.82 Å².